The van der Waals surface area contributed by atoms with Crippen LogP contribution in [0.3, 0.4) is 0 Å². The normalized spacial score (nSPS) is 14.3. The second kappa shape index (κ2) is 5.67. The van der Waals surface area contributed by atoms with Crippen LogP contribution in [0.2, 0.25) is 0 Å². The highest BCUT2D eigenvalue weighted by atomic mass is 32.1. The van der Waals surface area contributed by atoms with Gasteiger partial charge in [-0.25, -0.2) is 0 Å². The Bertz CT molecular complexity index is 357. The Hall–Kier alpha value is -0.560. The van der Waals surface area contributed by atoms with E-state index in [4.69, 9.17) is 14.2 Å². The third kappa shape index (κ3) is 2.57. The van der Waals surface area contributed by atoms with Gasteiger partial charge >= 0.3 is 0 Å². The molecule has 1 rings (SSSR count). The van der Waals surface area contributed by atoms with Crippen LogP contribution in [0.1, 0.15) is 25.8 Å². The van der Waals surface area contributed by atoms with Crippen LogP contribution < -0.4 is 19.6 Å². The second-order valence-corrected chi connectivity index (χ2v) is 4.04. The van der Waals surface area contributed by atoms with Gasteiger partial charge in [0.15, 0.2) is 0 Å². The fraction of sp³-hybridized carbons (Fsp3) is 0.400. The lowest BCUT2D eigenvalue weighted by molar-refractivity contribution is 0.354. The van der Waals surface area contributed by atoms with Gasteiger partial charge in [-0.1, -0.05) is 6.92 Å². The molecule has 1 atom stereocenters. The molecule has 3 N–H and O–H groups in total. The Morgan fingerprint density at radius 3 is 2.50 bits per heavy atom. The quantitative estimate of drug-likeness (QED) is 0.284. The number of rotatable bonds is 5. The number of hydrazine groups is 1. The van der Waals surface area contributed by atoms with E-state index in [1.54, 1.807) is 12.1 Å². The predicted octanol–water partition coefficient (Wildman–Crippen LogP) is 2.22. The van der Waals surface area contributed by atoms with Crippen molar-refractivity contribution in [3.63, 3.8) is 0 Å². The highest BCUT2D eigenvalue weighted by Crippen LogP contribution is 2.35. The zero-order valence-corrected chi connectivity index (χ0v) is 11.0. The minimum atomic E-state index is -0.368. The van der Waals surface area contributed by atoms with Crippen molar-refractivity contribution in [2.45, 2.75) is 25.8 Å². The number of benzene rings is 1. The van der Waals surface area contributed by atoms with E-state index in [-0.39, 0.29) is 5.54 Å². The third-order valence-electron chi connectivity index (χ3n) is 2.78. The van der Waals surface area contributed by atoms with Crippen LogP contribution in [0, 0.1) is 0 Å². The Kier molecular flexibility index (Phi) is 4.79. The van der Waals surface area contributed by atoms with Crippen molar-refractivity contribution >= 4 is 25.8 Å². The van der Waals surface area contributed by atoms with Gasteiger partial charge in [0, 0.05) is 37.4 Å². The molecule has 0 radical (unpaired) electrons. The van der Waals surface area contributed by atoms with E-state index in [0.29, 0.717) is 11.5 Å². The zero-order chi connectivity index (χ0) is 12.2. The second-order valence-electron chi connectivity index (χ2n) is 3.67. The van der Waals surface area contributed by atoms with Gasteiger partial charge < -0.3 is 8.37 Å². The number of nitrogens with two attached hydrogens (primary N) is 1. The van der Waals surface area contributed by atoms with E-state index in [9.17, 15) is 0 Å². The van der Waals surface area contributed by atoms with Gasteiger partial charge in [-0.05, 0) is 25.5 Å². The first-order valence-corrected chi connectivity index (χ1v) is 5.59. The molecule has 0 aliphatic heterocycles. The molecule has 90 valence electrons. The zero-order valence-electron chi connectivity index (χ0n) is 9.23. The highest BCUT2D eigenvalue weighted by molar-refractivity contribution is 7.75. The number of thiol groups is 2. The summed E-state index contributed by atoms with van der Waals surface area (Å²) < 4.78 is 9.84. The summed E-state index contributed by atoms with van der Waals surface area (Å²) in [6.07, 6.45) is 0.814. The molecule has 0 aliphatic carbocycles. The van der Waals surface area contributed by atoms with Crippen molar-refractivity contribution < 1.29 is 8.37 Å². The first kappa shape index (κ1) is 13.5. The molecule has 16 heavy (non-hydrogen) atoms. The van der Waals surface area contributed by atoms with Gasteiger partial charge in [-0.2, -0.15) is 0 Å². The van der Waals surface area contributed by atoms with Crippen molar-refractivity contribution in [3.05, 3.63) is 23.8 Å². The average Bonchev–Trinajstić information content (AvgIpc) is 2.37. The van der Waals surface area contributed by atoms with E-state index >= 15 is 0 Å². The monoisotopic (exact) mass is 260 g/mol. The van der Waals surface area contributed by atoms with Gasteiger partial charge in [0.1, 0.15) is 11.5 Å². The SMILES string of the molecule is CCC(C)(NN)c1ccc(OS)cc1OS. The standard InChI is InChI=1S/C10H16N2O2S2/c1-3-10(2,12-11)8-5-4-7(13-15)6-9(8)14-16/h4-6,12,15-16H,3,11H2,1-2H3. The lowest BCUT2D eigenvalue weighted by atomic mass is 9.89. The maximum atomic E-state index is 5.57. The molecule has 0 fully saturated rings. The van der Waals surface area contributed by atoms with Crippen molar-refractivity contribution in [2.75, 3.05) is 0 Å². The maximum absolute atomic E-state index is 5.57. The third-order valence-corrected chi connectivity index (χ3v) is 3.18. The van der Waals surface area contributed by atoms with Crippen molar-refractivity contribution in [3.8, 4) is 11.5 Å². The summed E-state index contributed by atoms with van der Waals surface area (Å²) in [6, 6.07) is 5.38. The maximum Gasteiger partial charge on any atom is 0.145 e. The first-order chi connectivity index (χ1) is 7.61. The van der Waals surface area contributed by atoms with E-state index in [1.807, 2.05) is 19.9 Å². The largest absolute Gasteiger partial charge is 0.429 e. The summed E-state index contributed by atoms with van der Waals surface area (Å²) in [6.45, 7) is 4.02. The predicted molar refractivity (Wildman–Crippen MR) is 70.6 cm³/mol. The average molecular weight is 260 g/mol. The molecule has 0 spiro atoms. The fourth-order valence-electron chi connectivity index (χ4n) is 1.46. The van der Waals surface area contributed by atoms with Crippen LogP contribution >= 0.6 is 25.8 Å². The molecule has 0 saturated heterocycles. The van der Waals surface area contributed by atoms with Gasteiger partial charge in [-0.3, -0.25) is 11.3 Å². The highest BCUT2D eigenvalue weighted by Gasteiger charge is 2.26. The van der Waals surface area contributed by atoms with Crippen LogP contribution in [0.5, 0.6) is 11.5 Å². The molecular weight excluding hydrogens is 244 g/mol. The van der Waals surface area contributed by atoms with E-state index in [2.05, 4.69) is 31.2 Å². The van der Waals surface area contributed by atoms with E-state index < -0.39 is 0 Å². The summed E-state index contributed by atoms with van der Waals surface area (Å²) in [7, 11) is 0. The van der Waals surface area contributed by atoms with Gasteiger partial charge in [0.05, 0.1) is 5.54 Å². The fourth-order valence-corrected chi connectivity index (χ4v) is 1.73. The summed E-state index contributed by atoms with van der Waals surface area (Å²) in [5.74, 6) is 6.75. The molecule has 0 amide bonds. The Morgan fingerprint density at radius 2 is 2.06 bits per heavy atom. The first-order valence-electron chi connectivity index (χ1n) is 4.86. The Labute approximate surface area is 107 Å². The summed E-state index contributed by atoms with van der Waals surface area (Å²) in [5.41, 5.74) is 3.33. The molecule has 0 aromatic heterocycles. The number of hydrogen-bond donors (Lipinski definition) is 4. The van der Waals surface area contributed by atoms with Crippen LogP contribution in [0.4, 0.5) is 0 Å². The molecule has 4 nitrogen and oxygen atoms in total. The van der Waals surface area contributed by atoms with Crippen LogP contribution in [0.25, 0.3) is 0 Å². The molecule has 6 heteroatoms. The summed E-state index contributed by atoms with van der Waals surface area (Å²) in [5, 5.41) is 0. The van der Waals surface area contributed by atoms with Crippen LogP contribution in [0.15, 0.2) is 18.2 Å². The number of nitrogens with one attached hydrogen (secondary N) is 1. The van der Waals surface area contributed by atoms with Gasteiger partial charge in [0.2, 0.25) is 0 Å². The van der Waals surface area contributed by atoms with E-state index in [1.165, 1.54) is 0 Å². The lowest BCUT2D eigenvalue weighted by Crippen LogP contribution is -2.43. The minimum absolute atomic E-state index is 0.368. The van der Waals surface area contributed by atoms with Gasteiger partial charge in [0.25, 0.3) is 0 Å². The van der Waals surface area contributed by atoms with Crippen molar-refractivity contribution in [2.24, 2.45) is 5.84 Å². The number of hydrogen-bond acceptors (Lipinski definition) is 6. The smallest absolute Gasteiger partial charge is 0.145 e. The minimum Gasteiger partial charge on any atom is -0.429 e. The molecule has 0 heterocycles. The summed E-state index contributed by atoms with van der Waals surface area (Å²) in [4.78, 5) is 0. The molecule has 1 unspecified atom stereocenters. The van der Waals surface area contributed by atoms with Crippen molar-refractivity contribution in [1.82, 2.24) is 5.43 Å². The Balaban J connectivity index is 3.22. The molecule has 1 aromatic carbocycles. The van der Waals surface area contributed by atoms with Crippen LogP contribution in [-0.4, -0.2) is 0 Å². The van der Waals surface area contributed by atoms with Crippen LogP contribution in [-0.2, 0) is 5.54 Å². The lowest BCUT2D eigenvalue weighted by Gasteiger charge is -2.29. The molecular formula is C10H16N2O2S2. The van der Waals surface area contributed by atoms with E-state index in [0.717, 1.165) is 12.0 Å². The van der Waals surface area contributed by atoms with Gasteiger partial charge in [-0.15, -0.1) is 0 Å². The molecule has 0 bridgehead atoms. The summed E-state index contributed by atoms with van der Waals surface area (Å²) >= 11 is 7.55. The molecule has 1 aromatic rings. The van der Waals surface area contributed by atoms with Crippen molar-refractivity contribution in [1.29, 1.82) is 0 Å². The Morgan fingerprint density at radius 1 is 1.38 bits per heavy atom. The molecule has 0 aliphatic rings. The topological polar surface area (TPSA) is 56.5 Å². The molecule has 0 saturated carbocycles.